The van der Waals surface area contributed by atoms with E-state index in [0.29, 0.717) is 6.04 Å². The van der Waals surface area contributed by atoms with Crippen LogP contribution in [-0.4, -0.2) is 26.2 Å². The quantitative estimate of drug-likeness (QED) is 0.750. The molecule has 0 spiro atoms. The SMILES string of the molecule is Brc1ccc2ncnc(NC3CCc4[nH]ncc4C3)c2c1. The van der Waals surface area contributed by atoms with Gasteiger partial charge in [0.15, 0.2) is 0 Å². The first-order chi connectivity index (χ1) is 10.3. The Morgan fingerprint density at radius 3 is 3.19 bits per heavy atom. The van der Waals surface area contributed by atoms with Gasteiger partial charge in [-0.05, 0) is 43.0 Å². The van der Waals surface area contributed by atoms with Gasteiger partial charge in [-0.25, -0.2) is 9.97 Å². The van der Waals surface area contributed by atoms with Crippen LogP contribution < -0.4 is 5.32 Å². The van der Waals surface area contributed by atoms with Crippen LogP contribution in [0.15, 0.2) is 35.2 Å². The molecule has 0 amide bonds. The molecule has 106 valence electrons. The summed E-state index contributed by atoms with van der Waals surface area (Å²) in [6.07, 6.45) is 6.63. The van der Waals surface area contributed by atoms with Crippen LogP contribution in [0.4, 0.5) is 5.82 Å². The highest BCUT2D eigenvalue weighted by atomic mass is 79.9. The minimum Gasteiger partial charge on any atom is -0.366 e. The van der Waals surface area contributed by atoms with Gasteiger partial charge in [-0.3, -0.25) is 5.10 Å². The van der Waals surface area contributed by atoms with Gasteiger partial charge in [0, 0.05) is 21.6 Å². The second-order valence-electron chi connectivity index (χ2n) is 5.34. The lowest BCUT2D eigenvalue weighted by Crippen LogP contribution is -2.27. The summed E-state index contributed by atoms with van der Waals surface area (Å²) in [6.45, 7) is 0. The van der Waals surface area contributed by atoms with E-state index in [2.05, 4.69) is 47.5 Å². The van der Waals surface area contributed by atoms with Crippen molar-refractivity contribution in [2.45, 2.75) is 25.3 Å². The molecule has 1 aliphatic carbocycles. The van der Waals surface area contributed by atoms with E-state index in [0.717, 1.165) is 40.5 Å². The Labute approximate surface area is 130 Å². The number of aromatic amines is 1. The third kappa shape index (κ3) is 2.40. The van der Waals surface area contributed by atoms with Gasteiger partial charge in [-0.2, -0.15) is 5.10 Å². The molecule has 0 aliphatic heterocycles. The standard InChI is InChI=1S/C15H14BrN5/c16-10-1-3-14-12(6-10)15(18-8-17-14)20-11-2-4-13-9(5-11)7-19-21-13/h1,3,6-8,11H,2,4-5H2,(H,19,21)(H,17,18,20). The summed E-state index contributed by atoms with van der Waals surface area (Å²) in [5.41, 5.74) is 3.53. The van der Waals surface area contributed by atoms with Gasteiger partial charge >= 0.3 is 0 Å². The van der Waals surface area contributed by atoms with Crippen molar-refractivity contribution < 1.29 is 0 Å². The summed E-state index contributed by atoms with van der Waals surface area (Å²) < 4.78 is 1.04. The summed E-state index contributed by atoms with van der Waals surface area (Å²) in [7, 11) is 0. The summed E-state index contributed by atoms with van der Waals surface area (Å²) in [5.74, 6) is 0.901. The number of aryl methyl sites for hydroxylation is 1. The number of benzene rings is 1. The molecule has 2 aromatic heterocycles. The molecule has 6 heteroatoms. The molecule has 2 N–H and O–H groups in total. The zero-order valence-corrected chi connectivity index (χ0v) is 12.9. The molecule has 3 aromatic rings. The van der Waals surface area contributed by atoms with Crippen LogP contribution in [0.25, 0.3) is 10.9 Å². The van der Waals surface area contributed by atoms with Gasteiger partial charge in [0.1, 0.15) is 12.1 Å². The van der Waals surface area contributed by atoms with E-state index in [-0.39, 0.29) is 0 Å². The smallest absolute Gasteiger partial charge is 0.137 e. The highest BCUT2D eigenvalue weighted by Gasteiger charge is 2.20. The number of rotatable bonds is 2. The normalized spacial score (nSPS) is 17.7. The van der Waals surface area contributed by atoms with Crippen LogP contribution in [0.2, 0.25) is 0 Å². The molecule has 1 aromatic carbocycles. The van der Waals surface area contributed by atoms with Crippen molar-refractivity contribution in [3.63, 3.8) is 0 Å². The van der Waals surface area contributed by atoms with Gasteiger partial charge in [0.25, 0.3) is 0 Å². The number of aromatic nitrogens is 4. The Hall–Kier alpha value is -1.95. The molecule has 0 fully saturated rings. The number of hydrogen-bond donors (Lipinski definition) is 2. The van der Waals surface area contributed by atoms with E-state index < -0.39 is 0 Å². The Bertz CT molecular complexity index is 798. The van der Waals surface area contributed by atoms with Crippen molar-refractivity contribution in [1.82, 2.24) is 20.2 Å². The van der Waals surface area contributed by atoms with E-state index in [1.54, 1.807) is 6.33 Å². The van der Waals surface area contributed by atoms with Crippen LogP contribution in [0.5, 0.6) is 0 Å². The Balaban J connectivity index is 1.64. The first-order valence-corrected chi connectivity index (χ1v) is 7.77. The molecular weight excluding hydrogens is 330 g/mol. The largest absolute Gasteiger partial charge is 0.366 e. The van der Waals surface area contributed by atoms with Gasteiger partial charge in [0.05, 0.1) is 11.7 Å². The van der Waals surface area contributed by atoms with Gasteiger partial charge in [-0.1, -0.05) is 15.9 Å². The molecule has 1 atom stereocenters. The lowest BCUT2D eigenvalue weighted by Gasteiger charge is -2.23. The van der Waals surface area contributed by atoms with Crippen molar-refractivity contribution in [3.8, 4) is 0 Å². The Morgan fingerprint density at radius 2 is 2.24 bits per heavy atom. The van der Waals surface area contributed by atoms with E-state index in [4.69, 9.17) is 0 Å². The summed E-state index contributed by atoms with van der Waals surface area (Å²) >= 11 is 3.51. The molecule has 0 bridgehead atoms. The topological polar surface area (TPSA) is 66.5 Å². The van der Waals surface area contributed by atoms with Crippen LogP contribution in [-0.2, 0) is 12.8 Å². The minimum atomic E-state index is 0.382. The van der Waals surface area contributed by atoms with Gasteiger partial charge in [0.2, 0.25) is 0 Å². The van der Waals surface area contributed by atoms with Crippen molar-refractivity contribution >= 4 is 32.7 Å². The highest BCUT2D eigenvalue weighted by molar-refractivity contribution is 9.10. The van der Waals surface area contributed by atoms with Gasteiger partial charge < -0.3 is 5.32 Å². The molecular formula is C15H14BrN5. The third-order valence-corrected chi connectivity index (χ3v) is 4.45. The molecule has 5 nitrogen and oxygen atoms in total. The lowest BCUT2D eigenvalue weighted by molar-refractivity contribution is 0.603. The van der Waals surface area contributed by atoms with E-state index in [9.17, 15) is 0 Å². The van der Waals surface area contributed by atoms with E-state index in [1.807, 2.05) is 18.3 Å². The van der Waals surface area contributed by atoms with Crippen LogP contribution in [0.3, 0.4) is 0 Å². The first kappa shape index (κ1) is 12.8. The molecule has 0 saturated heterocycles. The number of hydrogen-bond acceptors (Lipinski definition) is 4. The predicted octanol–water partition coefficient (Wildman–Crippen LogP) is 3.08. The molecule has 21 heavy (non-hydrogen) atoms. The van der Waals surface area contributed by atoms with Gasteiger partial charge in [-0.15, -0.1) is 0 Å². The highest BCUT2D eigenvalue weighted by Crippen LogP contribution is 2.26. The zero-order valence-electron chi connectivity index (χ0n) is 11.3. The maximum atomic E-state index is 4.42. The van der Waals surface area contributed by atoms with E-state index in [1.165, 1.54) is 11.3 Å². The molecule has 0 saturated carbocycles. The maximum Gasteiger partial charge on any atom is 0.137 e. The number of halogens is 1. The van der Waals surface area contributed by atoms with Crippen molar-refractivity contribution in [2.24, 2.45) is 0 Å². The second-order valence-corrected chi connectivity index (χ2v) is 6.26. The molecule has 4 rings (SSSR count). The first-order valence-electron chi connectivity index (χ1n) is 6.97. The number of H-pyrrole nitrogens is 1. The fourth-order valence-corrected chi connectivity index (χ4v) is 3.24. The van der Waals surface area contributed by atoms with Crippen LogP contribution in [0.1, 0.15) is 17.7 Å². The maximum absolute atomic E-state index is 4.42. The monoisotopic (exact) mass is 343 g/mol. The second kappa shape index (κ2) is 5.11. The van der Waals surface area contributed by atoms with Crippen molar-refractivity contribution in [2.75, 3.05) is 5.32 Å². The third-order valence-electron chi connectivity index (χ3n) is 3.95. The van der Waals surface area contributed by atoms with Crippen LogP contribution in [0, 0.1) is 0 Å². The summed E-state index contributed by atoms with van der Waals surface area (Å²) in [4.78, 5) is 8.74. The lowest BCUT2D eigenvalue weighted by atomic mass is 9.93. The molecule has 1 aliphatic rings. The molecule has 1 unspecified atom stereocenters. The average Bonchev–Trinajstić information content (AvgIpc) is 2.95. The van der Waals surface area contributed by atoms with Crippen LogP contribution >= 0.6 is 15.9 Å². The number of fused-ring (bicyclic) bond motifs is 2. The summed E-state index contributed by atoms with van der Waals surface area (Å²) in [5, 5.41) is 11.8. The minimum absolute atomic E-state index is 0.382. The van der Waals surface area contributed by atoms with E-state index >= 15 is 0 Å². The number of anilines is 1. The fourth-order valence-electron chi connectivity index (χ4n) is 2.88. The average molecular weight is 344 g/mol. The van der Waals surface area contributed by atoms with Crippen molar-refractivity contribution in [3.05, 3.63) is 46.5 Å². The molecule has 2 heterocycles. The van der Waals surface area contributed by atoms with Crippen molar-refractivity contribution in [1.29, 1.82) is 0 Å². The zero-order chi connectivity index (χ0) is 14.2. The Kier molecular flexibility index (Phi) is 3.11. The number of nitrogens with zero attached hydrogens (tertiary/aromatic N) is 3. The Morgan fingerprint density at radius 1 is 1.29 bits per heavy atom. The molecule has 0 radical (unpaired) electrons. The fraction of sp³-hybridized carbons (Fsp3) is 0.267. The predicted molar refractivity (Wildman–Crippen MR) is 85.3 cm³/mol. The summed E-state index contributed by atoms with van der Waals surface area (Å²) in [6, 6.07) is 6.44. The number of nitrogens with one attached hydrogen (secondary N) is 2.